The van der Waals surface area contributed by atoms with Crippen molar-refractivity contribution in [2.75, 3.05) is 33.2 Å². The standard InChI is InChI=1S/C18H27N3O2.ClH/c1-3-9-20-17(22)15-5-4-6-16(12-15)18(23)21-10-7-14(8-11-21)13-19-2;/h4-6,12,14,19H,3,7-11,13H2,1-2H3,(H,20,22);1H. The van der Waals surface area contributed by atoms with Gasteiger partial charge in [-0.15, -0.1) is 12.4 Å². The largest absolute Gasteiger partial charge is 0.352 e. The Morgan fingerprint density at radius 3 is 2.50 bits per heavy atom. The van der Waals surface area contributed by atoms with Gasteiger partial charge in [0.15, 0.2) is 0 Å². The summed E-state index contributed by atoms with van der Waals surface area (Å²) in [5.41, 5.74) is 1.15. The molecule has 0 radical (unpaired) electrons. The molecule has 1 fully saturated rings. The number of piperidine rings is 1. The quantitative estimate of drug-likeness (QED) is 0.825. The summed E-state index contributed by atoms with van der Waals surface area (Å²) in [7, 11) is 1.96. The van der Waals surface area contributed by atoms with E-state index in [-0.39, 0.29) is 24.2 Å². The van der Waals surface area contributed by atoms with Crippen LogP contribution in [0.3, 0.4) is 0 Å². The van der Waals surface area contributed by atoms with Crippen molar-refractivity contribution < 1.29 is 9.59 Å². The summed E-state index contributed by atoms with van der Waals surface area (Å²) in [4.78, 5) is 26.6. The van der Waals surface area contributed by atoms with Gasteiger partial charge in [-0.1, -0.05) is 13.0 Å². The minimum atomic E-state index is -0.116. The second-order valence-electron chi connectivity index (χ2n) is 6.13. The number of likely N-dealkylation sites (tertiary alicyclic amines) is 1. The third-order valence-corrected chi connectivity index (χ3v) is 4.30. The summed E-state index contributed by atoms with van der Waals surface area (Å²) in [6, 6.07) is 7.02. The molecule has 0 unspecified atom stereocenters. The topological polar surface area (TPSA) is 61.4 Å². The molecule has 0 atom stereocenters. The van der Waals surface area contributed by atoms with E-state index in [9.17, 15) is 9.59 Å². The second-order valence-corrected chi connectivity index (χ2v) is 6.13. The van der Waals surface area contributed by atoms with E-state index in [1.54, 1.807) is 24.3 Å². The lowest BCUT2D eigenvalue weighted by molar-refractivity contribution is 0.0691. The fourth-order valence-electron chi connectivity index (χ4n) is 2.95. The number of hydrogen-bond donors (Lipinski definition) is 2. The van der Waals surface area contributed by atoms with Gasteiger partial charge in [0, 0.05) is 30.8 Å². The molecule has 0 bridgehead atoms. The van der Waals surface area contributed by atoms with Crippen LogP contribution in [0.4, 0.5) is 0 Å². The van der Waals surface area contributed by atoms with Crippen LogP contribution in [0.2, 0.25) is 0 Å². The lowest BCUT2D eigenvalue weighted by atomic mass is 9.96. The van der Waals surface area contributed by atoms with Crippen LogP contribution in [0.5, 0.6) is 0 Å². The van der Waals surface area contributed by atoms with Crippen molar-refractivity contribution in [2.45, 2.75) is 26.2 Å². The number of nitrogens with zero attached hydrogens (tertiary/aromatic N) is 1. The Morgan fingerprint density at radius 1 is 1.21 bits per heavy atom. The zero-order valence-corrected chi connectivity index (χ0v) is 15.3. The number of hydrogen-bond acceptors (Lipinski definition) is 3. The Morgan fingerprint density at radius 2 is 1.88 bits per heavy atom. The summed E-state index contributed by atoms with van der Waals surface area (Å²) >= 11 is 0. The average Bonchev–Trinajstić information content (AvgIpc) is 2.60. The maximum Gasteiger partial charge on any atom is 0.253 e. The summed E-state index contributed by atoms with van der Waals surface area (Å²) < 4.78 is 0. The molecule has 0 saturated carbocycles. The van der Waals surface area contributed by atoms with E-state index in [1.807, 2.05) is 18.9 Å². The van der Waals surface area contributed by atoms with Crippen LogP contribution in [0.1, 0.15) is 46.9 Å². The fraction of sp³-hybridized carbons (Fsp3) is 0.556. The predicted octanol–water partition coefficient (Wildman–Crippen LogP) is 2.32. The summed E-state index contributed by atoms with van der Waals surface area (Å²) in [6.45, 7) is 5.25. The molecule has 1 aliphatic rings. The third kappa shape index (κ3) is 5.49. The fourth-order valence-corrected chi connectivity index (χ4v) is 2.95. The van der Waals surface area contributed by atoms with E-state index in [2.05, 4.69) is 10.6 Å². The van der Waals surface area contributed by atoms with Gasteiger partial charge in [-0.05, 0) is 57.0 Å². The molecular formula is C18H28ClN3O2. The van der Waals surface area contributed by atoms with E-state index in [0.29, 0.717) is 23.6 Å². The molecule has 1 aromatic carbocycles. The van der Waals surface area contributed by atoms with E-state index >= 15 is 0 Å². The van der Waals surface area contributed by atoms with Gasteiger partial charge in [0.05, 0.1) is 0 Å². The van der Waals surface area contributed by atoms with Crippen LogP contribution in [-0.4, -0.2) is 49.9 Å². The zero-order valence-electron chi connectivity index (χ0n) is 14.5. The van der Waals surface area contributed by atoms with Crippen molar-refractivity contribution in [1.29, 1.82) is 0 Å². The molecule has 1 aliphatic heterocycles. The van der Waals surface area contributed by atoms with Gasteiger partial charge in [-0.2, -0.15) is 0 Å². The van der Waals surface area contributed by atoms with Crippen LogP contribution in [0.15, 0.2) is 24.3 Å². The van der Waals surface area contributed by atoms with Crippen LogP contribution in [-0.2, 0) is 0 Å². The summed E-state index contributed by atoms with van der Waals surface area (Å²) in [5, 5.41) is 6.05. The molecule has 2 rings (SSSR count). The first-order valence-electron chi connectivity index (χ1n) is 8.47. The van der Waals surface area contributed by atoms with Gasteiger partial charge >= 0.3 is 0 Å². The highest BCUT2D eigenvalue weighted by Gasteiger charge is 2.23. The minimum Gasteiger partial charge on any atom is -0.352 e. The highest BCUT2D eigenvalue weighted by Crippen LogP contribution is 2.19. The van der Waals surface area contributed by atoms with Gasteiger partial charge in [0.1, 0.15) is 0 Å². The van der Waals surface area contributed by atoms with Crippen molar-refractivity contribution in [3.8, 4) is 0 Å². The molecule has 2 N–H and O–H groups in total. The first kappa shape index (κ1) is 20.5. The molecule has 5 nitrogen and oxygen atoms in total. The molecule has 2 amide bonds. The van der Waals surface area contributed by atoms with Crippen molar-refractivity contribution in [1.82, 2.24) is 15.5 Å². The molecular weight excluding hydrogens is 326 g/mol. The minimum absolute atomic E-state index is 0. The lowest BCUT2D eigenvalue weighted by Gasteiger charge is -2.32. The molecule has 134 valence electrons. The molecule has 0 aromatic heterocycles. The number of carbonyl (C=O) groups excluding carboxylic acids is 2. The van der Waals surface area contributed by atoms with Crippen LogP contribution < -0.4 is 10.6 Å². The average molecular weight is 354 g/mol. The Bertz CT molecular complexity index is 543. The zero-order chi connectivity index (χ0) is 16.7. The van der Waals surface area contributed by atoms with E-state index in [1.165, 1.54) is 0 Å². The maximum absolute atomic E-state index is 12.6. The van der Waals surface area contributed by atoms with Crippen LogP contribution in [0, 0.1) is 5.92 Å². The van der Waals surface area contributed by atoms with E-state index < -0.39 is 0 Å². The molecule has 0 spiro atoms. The SMILES string of the molecule is CCCNC(=O)c1cccc(C(=O)N2CCC(CNC)CC2)c1.Cl. The Balaban J connectivity index is 0.00000288. The van der Waals surface area contributed by atoms with Gasteiger partial charge in [-0.25, -0.2) is 0 Å². The van der Waals surface area contributed by atoms with Gasteiger partial charge < -0.3 is 15.5 Å². The van der Waals surface area contributed by atoms with Gasteiger partial charge in [-0.3, -0.25) is 9.59 Å². The first-order chi connectivity index (χ1) is 11.2. The Kier molecular flexibility index (Phi) is 8.79. The highest BCUT2D eigenvalue weighted by molar-refractivity contribution is 5.99. The predicted molar refractivity (Wildman–Crippen MR) is 98.9 cm³/mol. The highest BCUT2D eigenvalue weighted by atomic mass is 35.5. The Hall–Kier alpha value is -1.59. The van der Waals surface area contributed by atoms with Gasteiger partial charge in [0.25, 0.3) is 11.8 Å². The number of benzene rings is 1. The van der Waals surface area contributed by atoms with Crippen molar-refractivity contribution in [3.05, 3.63) is 35.4 Å². The number of amides is 2. The van der Waals surface area contributed by atoms with Gasteiger partial charge in [0.2, 0.25) is 0 Å². The molecule has 1 aromatic rings. The normalized spacial score (nSPS) is 14.8. The number of carbonyl (C=O) groups is 2. The van der Waals surface area contributed by atoms with E-state index in [4.69, 9.17) is 0 Å². The Labute approximate surface area is 150 Å². The molecule has 6 heteroatoms. The van der Waals surface area contributed by atoms with Crippen LogP contribution >= 0.6 is 12.4 Å². The molecule has 0 aliphatic carbocycles. The summed E-state index contributed by atoms with van der Waals surface area (Å²) in [6.07, 6.45) is 2.96. The first-order valence-corrected chi connectivity index (χ1v) is 8.47. The third-order valence-electron chi connectivity index (χ3n) is 4.30. The van der Waals surface area contributed by atoms with Crippen molar-refractivity contribution in [2.24, 2.45) is 5.92 Å². The number of nitrogens with one attached hydrogen (secondary N) is 2. The summed E-state index contributed by atoms with van der Waals surface area (Å²) in [5.74, 6) is 0.558. The smallest absolute Gasteiger partial charge is 0.253 e. The van der Waals surface area contributed by atoms with Crippen LogP contribution in [0.25, 0.3) is 0 Å². The monoisotopic (exact) mass is 353 g/mol. The number of rotatable bonds is 6. The molecule has 1 saturated heterocycles. The van der Waals surface area contributed by atoms with Crippen molar-refractivity contribution >= 4 is 24.2 Å². The van der Waals surface area contributed by atoms with Crippen molar-refractivity contribution in [3.63, 3.8) is 0 Å². The molecule has 24 heavy (non-hydrogen) atoms. The number of halogens is 1. The second kappa shape index (κ2) is 10.3. The lowest BCUT2D eigenvalue weighted by Crippen LogP contribution is -2.40. The van der Waals surface area contributed by atoms with E-state index in [0.717, 1.165) is 38.9 Å². The maximum atomic E-state index is 12.6. The molecule has 1 heterocycles.